The molecule has 4 nitrogen and oxygen atoms in total. The van der Waals surface area contributed by atoms with Crippen molar-refractivity contribution in [3.05, 3.63) is 48.2 Å². The molecule has 0 aliphatic carbocycles. The van der Waals surface area contributed by atoms with Gasteiger partial charge in [-0.05, 0) is 23.8 Å². The van der Waals surface area contributed by atoms with Gasteiger partial charge in [0.2, 0.25) is 5.88 Å². The molecule has 0 spiro atoms. The minimum absolute atomic E-state index is 0.458. The summed E-state index contributed by atoms with van der Waals surface area (Å²) in [5.41, 5.74) is 2.27. The largest absolute Gasteiger partial charge is 0.439 e. The van der Waals surface area contributed by atoms with Crippen LogP contribution in [0.2, 0.25) is 0 Å². The summed E-state index contributed by atoms with van der Waals surface area (Å²) in [5, 5.41) is 3.39. The molecular weight excluding hydrogens is 262 g/mol. The van der Waals surface area contributed by atoms with Gasteiger partial charge in [0, 0.05) is 50.7 Å². The second-order valence-electron chi connectivity index (χ2n) is 5.53. The van der Waals surface area contributed by atoms with E-state index in [1.54, 1.807) is 6.20 Å². The van der Waals surface area contributed by atoms with E-state index in [1.807, 2.05) is 55.4 Å². The molecule has 1 heterocycles. The minimum Gasteiger partial charge on any atom is -0.439 e. The van der Waals surface area contributed by atoms with Gasteiger partial charge in [-0.15, -0.1) is 0 Å². The van der Waals surface area contributed by atoms with Gasteiger partial charge in [-0.3, -0.25) is 0 Å². The highest BCUT2D eigenvalue weighted by atomic mass is 16.5. The van der Waals surface area contributed by atoms with Gasteiger partial charge >= 0.3 is 0 Å². The van der Waals surface area contributed by atoms with Gasteiger partial charge in [0.15, 0.2) is 0 Å². The Hall–Kier alpha value is -2.07. The van der Waals surface area contributed by atoms with E-state index in [0.29, 0.717) is 11.9 Å². The molecule has 1 aromatic heterocycles. The summed E-state index contributed by atoms with van der Waals surface area (Å²) in [6.07, 6.45) is 1.78. The maximum absolute atomic E-state index is 5.85. The zero-order chi connectivity index (χ0) is 15.2. The molecule has 0 saturated carbocycles. The Morgan fingerprint density at radius 2 is 2.00 bits per heavy atom. The Kier molecular flexibility index (Phi) is 5.17. The molecule has 0 atom stereocenters. The summed E-state index contributed by atoms with van der Waals surface area (Å²) in [5.74, 6) is 1.41. The van der Waals surface area contributed by atoms with Crippen LogP contribution < -0.4 is 15.0 Å². The average Bonchev–Trinajstić information content (AvgIpc) is 2.46. The first-order valence-electron chi connectivity index (χ1n) is 7.18. The summed E-state index contributed by atoms with van der Waals surface area (Å²) in [6.45, 7) is 5.07. The maximum Gasteiger partial charge on any atom is 0.219 e. The molecule has 0 aliphatic rings. The van der Waals surface area contributed by atoms with Crippen LogP contribution in [-0.2, 0) is 6.54 Å². The quantitative estimate of drug-likeness (QED) is 0.882. The molecule has 0 aliphatic heterocycles. The predicted molar refractivity (Wildman–Crippen MR) is 87.1 cm³/mol. The summed E-state index contributed by atoms with van der Waals surface area (Å²) >= 11 is 0. The van der Waals surface area contributed by atoms with E-state index < -0.39 is 0 Å². The lowest BCUT2D eigenvalue weighted by Crippen LogP contribution is -2.21. The number of nitrogens with zero attached hydrogens (tertiary/aromatic N) is 2. The summed E-state index contributed by atoms with van der Waals surface area (Å²) < 4.78 is 5.85. The number of aromatic nitrogens is 1. The first kappa shape index (κ1) is 15.3. The molecule has 112 valence electrons. The number of rotatable bonds is 6. The van der Waals surface area contributed by atoms with Crippen LogP contribution in [0.5, 0.6) is 11.6 Å². The van der Waals surface area contributed by atoms with Crippen molar-refractivity contribution < 1.29 is 4.74 Å². The van der Waals surface area contributed by atoms with Gasteiger partial charge in [-0.1, -0.05) is 19.9 Å². The van der Waals surface area contributed by atoms with Crippen LogP contribution in [0.25, 0.3) is 0 Å². The Morgan fingerprint density at radius 1 is 1.19 bits per heavy atom. The van der Waals surface area contributed by atoms with Crippen molar-refractivity contribution in [3.63, 3.8) is 0 Å². The predicted octanol–water partition coefficient (Wildman–Crippen LogP) is 3.44. The van der Waals surface area contributed by atoms with E-state index in [0.717, 1.165) is 23.5 Å². The zero-order valence-corrected chi connectivity index (χ0v) is 13.1. The topological polar surface area (TPSA) is 37.4 Å². The minimum atomic E-state index is 0.458. The van der Waals surface area contributed by atoms with Crippen molar-refractivity contribution in [2.75, 3.05) is 19.0 Å². The van der Waals surface area contributed by atoms with Crippen LogP contribution >= 0.6 is 0 Å². The fourth-order valence-corrected chi connectivity index (χ4v) is 1.88. The highest BCUT2D eigenvalue weighted by molar-refractivity contribution is 5.50. The van der Waals surface area contributed by atoms with Gasteiger partial charge in [-0.25, -0.2) is 4.98 Å². The number of benzene rings is 1. The third-order valence-corrected chi connectivity index (χ3v) is 3.07. The average molecular weight is 285 g/mol. The van der Waals surface area contributed by atoms with Crippen molar-refractivity contribution in [1.82, 2.24) is 10.3 Å². The Morgan fingerprint density at radius 3 is 2.71 bits per heavy atom. The molecule has 0 radical (unpaired) electrons. The second kappa shape index (κ2) is 7.09. The molecule has 4 heteroatoms. The first-order valence-corrected chi connectivity index (χ1v) is 7.18. The molecular formula is C17H23N3O. The van der Waals surface area contributed by atoms with E-state index in [9.17, 15) is 0 Å². The number of ether oxygens (including phenoxy) is 1. The molecule has 0 fully saturated rings. The van der Waals surface area contributed by atoms with Crippen molar-refractivity contribution in [2.45, 2.75) is 26.4 Å². The third-order valence-electron chi connectivity index (χ3n) is 3.07. The molecule has 0 saturated heterocycles. The van der Waals surface area contributed by atoms with Crippen LogP contribution in [0.15, 0.2) is 42.6 Å². The Balaban J connectivity index is 2.09. The SMILES string of the molecule is CC(C)NCc1ccnc(Oc2cccc(N(C)C)c2)c1. The van der Waals surface area contributed by atoms with Crippen molar-refractivity contribution in [3.8, 4) is 11.6 Å². The summed E-state index contributed by atoms with van der Waals surface area (Å²) in [6, 6.07) is 12.4. The fraction of sp³-hybridized carbons (Fsp3) is 0.353. The molecule has 0 bridgehead atoms. The highest BCUT2D eigenvalue weighted by Gasteiger charge is 2.03. The Bertz CT molecular complexity index is 582. The van der Waals surface area contributed by atoms with E-state index in [4.69, 9.17) is 4.74 Å². The van der Waals surface area contributed by atoms with E-state index in [1.165, 1.54) is 0 Å². The number of hydrogen-bond acceptors (Lipinski definition) is 4. The van der Waals surface area contributed by atoms with Gasteiger partial charge in [0.25, 0.3) is 0 Å². The van der Waals surface area contributed by atoms with Crippen molar-refractivity contribution >= 4 is 5.69 Å². The zero-order valence-electron chi connectivity index (χ0n) is 13.1. The van der Waals surface area contributed by atoms with Crippen molar-refractivity contribution in [2.24, 2.45) is 0 Å². The second-order valence-corrected chi connectivity index (χ2v) is 5.53. The van der Waals surface area contributed by atoms with E-state index >= 15 is 0 Å². The van der Waals surface area contributed by atoms with Gasteiger partial charge in [-0.2, -0.15) is 0 Å². The van der Waals surface area contributed by atoms with Gasteiger partial charge < -0.3 is 15.0 Å². The lowest BCUT2D eigenvalue weighted by atomic mass is 10.2. The smallest absolute Gasteiger partial charge is 0.219 e. The lowest BCUT2D eigenvalue weighted by Gasteiger charge is -2.14. The lowest BCUT2D eigenvalue weighted by molar-refractivity contribution is 0.461. The van der Waals surface area contributed by atoms with Crippen LogP contribution in [-0.4, -0.2) is 25.1 Å². The fourth-order valence-electron chi connectivity index (χ4n) is 1.88. The number of nitrogens with one attached hydrogen (secondary N) is 1. The standard InChI is InChI=1S/C17H23N3O/c1-13(2)19-12-14-8-9-18-17(10-14)21-16-7-5-6-15(11-16)20(3)4/h5-11,13,19H,12H2,1-4H3. The molecule has 0 unspecified atom stereocenters. The molecule has 1 N–H and O–H groups in total. The molecule has 21 heavy (non-hydrogen) atoms. The van der Waals surface area contributed by atoms with Crippen LogP contribution in [0.4, 0.5) is 5.69 Å². The van der Waals surface area contributed by atoms with Gasteiger partial charge in [0.1, 0.15) is 5.75 Å². The maximum atomic E-state index is 5.85. The van der Waals surface area contributed by atoms with E-state index in [2.05, 4.69) is 24.1 Å². The monoisotopic (exact) mass is 285 g/mol. The normalized spacial score (nSPS) is 10.7. The number of pyridine rings is 1. The third kappa shape index (κ3) is 4.76. The number of anilines is 1. The molecule has 2 rings (SSSR count). The van der Waals surface area contributed by atoms with Crippen LogP contribution in [0, 0.1) is 0 Å². The molecule has 1 aromatic carbocycles. The number of hydrogen-bond donors (Lipinski definition) is 1. The highest BCUT2D eigenvalue weighted by Crippen LogP contribution is 2.24. The summed E-state index contributed by atoms with van der Waals surface area (Å²) in [7, 11) is 4.02. The molecule has 2 aromatic rings. The van der Waals surface area contributed by atoms with E-state index in [-0.39, 0.29) is 0 Å². The van der Waals surface area contributed by atoms with Crippen LogP contribution in [0.1, 0.15) is 19.4 Å². The van der Waals surface area contributed by atoms with Crippen LogP contribution in [0.3, 0.4) is 0 Å². The molecule has 0 amide bonds. The van der Waals surface area contributed by atoms with Gasteiger partial charge in [0.05, 0.1) is 0 Å². The Labute approximate surface area is 126 Å². The summed E-state index contributed by atoms with van der Waals surface area (Å²) in [4.78, 5) is 6.32. The van der Waals surface area contributed by atoms with Crippen molar-refractivity contribution in [1.29, 1.82) is 0 Å². The first-order chi connectivity index (χ1) is 10.0.